The number of urea groups is 1. The number of thioether (sulfide) groups is 1. The van der Waals surface area contributed by atoms with Gasteiger partial charge in [0.05, 0.1) is 24.0 Å². The molecule has 0 aromatic rings. The number of aliphatic carboxylic acids is 1. The van der Waals surface area contributed by atoms with Gasteiger partial charge < -0.3 is 15.3 Å². The van der Waals surface area contributed by atoms with Crippen LogP contribution in [0.15, 0.2) is 0 Å². The second-order valence-corrected chi connectivity index (χ2v) is 8.00. The minimum atomic E-state index is -3.27. The van der Waals surface area contributed by atoms with Crippen molar-refractivity contribution in [3.63, 3.8) is 0 Å². The number of carbonyl (C=O) groups is 2. The topological polar surface area (TPSA) is 104 Å². The van der Waals surface area contributed by atoms with Gasteiger partial charge in [0.2, 0.25) is 0 Å². The molecule has 0 aliphatic carbocycles. The summed E-state index contributed by atoms with van der Waals surface area (Å²) in [7, 11) is -3.27. The lowest BCUT2D eigenvalue weighted by atomic mass is 10.2. The zero-order valence-corrected chi connectivity index (χ0v) is 13.2. The molecular formula is C11H20N2O5S2. The average Bonchev–Trinajstić information content (AvgIpc) is 2.26. The fourth-order valence-electron chi connectivity index (χ4n) is 2.11. The second-order valence-electron chi connectivity index (χ2n) is 4.87. The van der Waals surface area contributed by atoms with E-state index in [2.05, 4.69) is 5.32 Å². The summed E-state index contributed by atoms with van der Waals surface area (Å²) < 4.78 is 23.2. The Balaban J connectivity index is 2.74. The monoisotopic (exact) mass is 324 g/mol. The van der Waals surface area contributed by atoms with Gasteiger partial charge in [0, 0.05) is 18.3 Å². The quantitative estimate of drug-likeness (QED) is 0.739. The Morgan fingerprint density at radius 2 is 2.15 bits per heavy atom. The SMILES string of the molecule is CSCC(C)NC(=O)N1CCS(=O)(=O)CC1CC(=O)O. The number of hydrogen-bond acceptors (Lipinski definition) is 5. The van der Waals surface area contributed by atoms with Crippen LogP contribution in [-0.4, -0.2) is 72.6 Å². The van der Waals surface area contributed by atoms with Crippen LogP contribution in [0.1, 0.15) is 13.3 Å². The van der Waals surface area contributed by atoms with Crippen molar-refractivity contribution in [2.45, 2.75) is 25.4 Å². The zero-order chi connectivity index (χ0) is 15.3. The number of sulfone groups is 1. The summed E-state index contributed by atoms with van der Waals surface area (Å²) >= 11 is 1.59. The Labute approximate surface area is 123 Å². The zero-order valence-electron chi connectivity index (χ0n) is 11.5. The van der Waals surface area contributed by atoms with E-state index < -0.39 is 27.9 Å². The molecule has 20 heavy (non-hydrogen) atoms. The summed E-state index contributed by atoms with van der Waals surface area (Å²) in [6.45, 7) is 1.89. The summed E-state index contributed by atoms with van der Waals surface area (Å²) in [5.74, 6) is -0.777. The number of nitrogens with zero attached hydrogens (tertiary/aromatic N) is 1. The molecule has 0 bridgehead atoms. The first-order valence-electron chi connectivity index (χ1n) is 6.23. The van der Waals surface area contributed by atoms with Crippen LogP contribution in [0.25, 0.3) is 0 Å². The van der Waals surface area contributed by atoms with Gasteiger partial charge in [0.15, 0.2) is 9.84 Å². The van der Waals surface area contributed by atoms with E-state index in [4.69, 9.17) is 5.11 Å². The maximum Gasteiger partial charge on any atom is 0.317 e. The highest BCUT2D eigenvalue weighted by molar-refractivity contribution is 7.98. The van der Waals surface area contributed by atoms with Crippen LogP contribution in [0.2, 0.25) is 0 Å². The van der Waals surface area contributed by atoms with Crippen LogP contribution in [0.5, 0.6) is 0 Å². The highest BCUT2D eigenvalue weighted by Gasteiger charge is 2.35. The number of hydrogen-bond donors (Lipinski definition) is 2. The Bertz CT molecular complexity index is 465. The number of amides is 2. The number of carbonyl (C=O) groups excluding carboxylic acids is 1. The molecule has 2 amide bonds. The molecular weight excluding hydrogens is 304 g/mol. The van der Waals surface area contributed by atoms with Crippen LogP contribution >= 0.6 is 11.8 Å². The van der Waals surface area contributed by atoms with E-state index in [-0.39, 0.29) is 30.5 Å². The number of rotatable bonds is 5. The molecule has 1 aliphatic rings. The molecule has 2 unspecified atom stereocenters. The number of carboxylic acids is 1. The molecule has 9 heteroatoms. The highest BCUT2D eigenvalue weighted by Crippen LogP contribution is 2.15. The normalized spacial score (nSPS) is 23.1. The fraction of sp³-hybridized carbons (Fsp3) is 0.818. The predicted octanol–water partition coefficient (Wildman–Crippen LogP) is 0.0212. The van der Waals surface area contributed by atoms with Gasteiger partial charge in [0.25, 0.3) is 0 Å². The summed E-state index contributed by atoms with van der Waals surface area (Å²) in [6, 6.07) is -1.25. The molecule has 116 valence electrons. The maximum absolute atomic E-state index is 12.1. The van der Waals surface area contributed by atoms with E-state index >= 15 is 0 Å². The van der Waals surface area contributed by atoms with Crippen molar-refractivity contribution in [2.24, 2.45) is 0 Å². The minimum absolute atomic E-state index is 0.0398. The van der Waals surface area contributed by atoms with Crippen LogP contribution in [0.4, 0.5) is 4.79 Å². The Hall–Kier alpha value is -0.960. The molecule has 0 saturated carbocycles. The summed E-state index contributed by atoms with van der Waals surface area (Å²) in [6.07, 6.45) is 1.56. The molecule has 0 spiro atoms. The summed E-state index contributed by atoms with van der Waals surface area (Å²) in [4.78, 5) is 24.2. The fourth-order valence-corrected chi connectivity index (χ4v) is 4.22. The third kappa shape index (κ3) is 5.20. The molecule has 1 heterocycles. The molecule has 2 N–H and O–H groups in total. The van der Waals surface area contributed by atoms with Crippen molar-refractivity contribution in [3.8, 4) is 0 Å². The Morgan fingerprint density at radius 3 is 2.70 bits per heavy atom. The first kappa shape index (κ1) is 17.1. The van der Waals surface area contributed by atoms with Gasteiger partial charge in [0.1, 0.15) is 0 Å². The smallest absolute Gasteiger partial charge is 0.317 e. The molecule has 1 aliphatic heterocycles. The van der Waals surface area contributed by atoms with Crippen LogP contribution in [0, 0.1) is 0 Å². The second kappa shape index (κ2) is 7.16. The lowest BCUT2D eigenvalue weighted by molar-refractivity contribution is -0.138. The average molecular weight is 324 g/mol. The molecule has 2 atom stereocenters. The minimum Gasteiger partial charge on any atom is -0.481 e. The van der Waals surface area contributed by atoms with Crippen molar-refractivity contribution in [1.82, 2.24) is 10.2 Å². The molecule has 0 radical (unpaired) electrons. The molecule has 1 saturated heterocycles. The van der Waals surface area contributed by atoms with Gasteiger partial charge in [-0.3, -0.25) is 4.79 Å². The largest absolute Gasteiger partial charge is 0.481 e. The number of carboxylic acid groups (broad SMARTS) is 1. The van der Waals surface area contributed by atoms with Crippen molar-refractivity contribution in [1.29, 1.82) is 0 Å². The first-order chi connectivity index (χ1) is 9.25. The third-order valence-corrected chi connectivity index (χ3v) is 5.52. The van der Waals surface area contributed by atoms with Crippen LogP contribution in [-0.2, 0) is 14.6 Å². The first-order valence-corrected chi connectivity index (χ1v) is 9.45. The molecule has 1 fully saturated rings. The van der Waals surface area contributed by atoms with Crippen molar-refractivity contribution in [2.75, 3.05) is 30.1 Å². The molecule has 0 aromatic heterocycles. The molecule has 0 aromatic carbocycles. The lowest BCUT2D eigenvalue weighted by Crippen LogP contribution is -2.56. The van der Waals surface area contributed by atoms with E-state index in [1.165, 1.54) is 4.90 Å². The van der Waals surface area contributed by atoms with Crippen molar-refractivity contribution < 1.29 is 23.1 Å². The predicted molar refractivity (Wildman–Crippen MR) is 77.8 cm³/mol. The summed E-state index contributed by atoms with van der Waals surface area (Å²) in [5, 5.41) is 11.6. The molecule has 1 rings (SSSR count). The highest BCUT2D eigenvalue weighted by atomic mass is 32.2. The van der Waals surface area contributed by atoms with Gasteiger partial charge in [-0.1, -0.05) is 0 Å². The standard InChI is InChI=1S/C11H20N2O5S2/c1-8(6-19-2)12-11(16)13-3-4-20(17,18)7-9(13)5-10(14)15/h8-9H,3-7H2,1-2H3,(H,12,16)(H,14,15). The van der Waals surface area contributed by atoms with Gasteiger partial charge in [-0.2, -0.15) is 11.8 Å². The van der Waals surface area contributed by atoms with E-state index in [0.29, 0.717) is 0 Å². The van der Waals surface area contributed by atoms with Gasteiger partial charge in [-0.15, -0.1) is 0 Å². The van der Waals surface area contributed by atoms with Gasteiger partial charge in [-0.05, 0) is 13.2 Å². The van der Waals surface area contributed by atoms with E-state index in [9.17, 15) is 18.0 Å². The lowest BCUT2D eigenvalue weighted by Gasteiger charge is -2.35. The van der Waals surface area contributed by atoms with Gasteiger partial charge in [-0.25, -0.2) is 13.2 Å². The maximum atomic E-state index is 12.1. The Kier molecular flexibility index (Phi) is 6.12. The Morgan fingerprint density at radius 1 is 1.50 bits per heavy atom. The summed E-state index contributed by atoms with van der Waals surface area (Å²) in [5.41, 5.74) is 0. The van der Waals surface area contributed by atoms with E-state index in [1.54, 1.807) is 11.8 Å². The van der Waals surface area contributed by atoms with E-state index in [0.717, 1.165) is 5.75 Å². The van der Waals surface area contributed by atoms with E-state index in [1.807, 2.05) is 13.2 Å². The third-order valence-electron chi connectivity index (χ3n) is 2.99. The van der Waals surface area contributed by atoms with Crippen LogP contribution < -0.4 is 5.32 Å². The molecule has 7 nitrogen and oxygen atoms in total. The van der Waals surface area contributed by atoms with Gasteiger partial charge >= 0.3 is 12.0 Å². The van der Waals surface area contributed by atoms with Crippen molar-refractivity contribution in [3.05, 3.63) is 0 Å². The van der Waals surface area contributed by atoms with Crippen molar-refractivity contribution >= 4 is 33.6 Å². The number of nitrogens with one attached hydrogen (secondary N) is 1. The van der Waals surface area contributed by atoms with Crippen LogP contribution in [0.3, 0.4) is 0 Å².